The number of hydrogen-bond donors (Lipinski definition) is 0. The van der Waals surface area contributed by atoms with E-state index in [1.54, 1.807) is 0 Å². The van der Waals surface area contributed by atoms with E-state index < -0.39 is 37.6 Å². The number of halogens is 3. The predicted octanol–water partition coefficient (Wildman–Crippen LogP) is 3.06. The summed E-state index contributed by atoms with van der Waals surface area (Å²) in [5.41, 5.74) is -6.51. The average molecular weight is 340 g/mol. The maximum absolute atomic E-state index is 13.1. The molecule has 8 heteroatoms. The molecule has 1 aliphatic heterocycles. The van der Waals surface area contributed by atoms with Gasteiger partial charge in [0.15, 0.2) is 5.79 Å². The van der Waals surface area contributed by atoms with Gasteiger partial charge in [-0.1, -0.05) is 6.42 Å². The lowest BCUT2D eigenvalue weighted by molar-refractivity contribution is -0.229. The number of ether oxygens (including phenoxy) is 2. The lowest BCUT2D eigenvalue weighted by atomic mass is 9.70. The summed E-state index contributed by atoms with van der Waals surface area (Å²) in [6, 6.07) is 0. The van der Waals surface area contributed by atoms with Crippen LogP contribution in [0.1, 0.15) is 57.8 Å². The summed E-state index contributed by atoms with van der Waals surface area (Å²) in [6.45, 7) is 0. The molecule has 22 heavy (non-hydrogen) atoms. The Hall–Kier alpha value is -0.340. The smallest absolute Gasteiger partial charge is 0.344 e. The number of sulfone groups is 1. The highest BCUT2D eigenvalue weighted by molar-refractivity contribution is 7.93. The second kappa shape index (κ2) is 4.19. The normalized spacial score (nSPS) is 43.7. The maximum Gasteiger partial charge on any atom is 0.498 e. The minimum Gasteiger partial charge on any atom is -0.344 e. The van der Waals surface area contributed by atoms with Crippen molar-refractivity contribution in [3.05, 3.63) is 0 Å². The Morgan fingerprint density at radius 3 is 2.18 bits per heavy atom. The first-order valence-electron chi connectivity index (χ1n) is 7.87. The molecular weight excluding hydrogens is 321 g/mol. The van der Waals surface area contributed by atoms with Crippen molar-refractivity contribution in [3.8, 4) is 0 Å². The molecule has 4 fully saturated rings. The lowest BCUT2D eigenvalue weighted by Gasteiger charge is -2.53. The fraction of sp³-hybridized carbons (Fsp3) is 1.00. The van der Waals surface area contributed by atoms with Crippen molar-refractivity contribution in [2.75, 3.05) is 0 Å². The molecule has 3 saturated carbocycles. The van der Waals surface area contributed by atoms with Gasteiger partial charge in [0.1, 0.15) is 10.3 Å². The Labute approximate surface area is 127 Å². The van der Waals surface area contributed by atoms with Crippen LogP contribution in [0.3, 0.4) is 0 Å². The van der Waals surface area contributed by atoms with Crippen LogP contribution in [0.2, 0.25) is 0 Å². The van der Waals surface area contributed by atoms with Gasteiger partial charge >= 0.3 is 5.51 Å². The molecule has 1 saturated heterocycles. The van der Waals surface area contributed by atoms with Gasteiger partial charge in [-0.25, -0.2) is 8.42 Å². The van der Waals surface area contributed by atoms with Gasteiger partial charge in [0, 0.05) is 12.8 Å². The van der Waals surface area contributed by atoms with Crippen LogP contribution in [0, 0.1) is 0 Å². The molecule has 3 atom stereocenters. The first-order valence-corrected chi connectivity index (χ1v) is 9.35. The molecule has 4 nitrogen and oxygen atoms in total. The summed E-state index contributed by atoms with van der Waals surface area (Å²) in [6.07, 6.45) is 4.31. The molecule has 0 aromatic heterocycles. The molecule has 4 rings (SSSR count). The van der Waals surface area contributed by atoms with Gasteiger partial charge in [-0.3, -0.25) is 0 Å². The van der Waals surface area contributed by atoms with Gasteiger partial charge in [0.25, 0.3) is 9.84 Å². The molecule has 4 aliphatic rings. The van der Waals surface area contributed by atoms with Crippen molar-refractivity contribution in [3.63, 3.8) is 0 Å². The van der Waals surface area contributed by atoms with Crippen molar-refractivity contribution in [2.24, 2.45) is 0 Å². The second-order valence-corrected chi connectivity index (χ2v) is 9.30. The van der Waals surface area contributed by atoms with Crippen LogP contribution in [-0.2, 0) is 19.3 Å². The number of hydrogen-bond acceptors (Lipinski definition) is 4. The van der Waals surface area contributed by atoms with Crippen LogP contribution in [0.15, 0.2) is 0 Å². The van der Waals surface area contributed by atoms with E-state index in [9.17, 15) is 21.6 Å². The van der Waals surface area contributed by atoms with E-state index in [1.165, 1.54) is 0 Å². The summed E-state index contributed by atoms with van der Waals surface area (Å²) < 4.78 is 74.1. The minimum atomic E-state index is -5.26. The lowest BCUT2D eigenvalue weighted by Crippen LogP contribution is -2.69. The first-order chi connectivity index (χ1) is 10.2. The van der Waals surface area contributed by atoms with Gasteiger partial charge in [0.2, 0.25) is 0 Å². The van der Waals surface area contributed by atoms with Gasteiger partial charge in [-0.05, 0) is 38.5 Å². The van der Waals surface area contributed by atoms with Gasteiger partial charge in [-0.15, -0.1) is 0 Å². The molecule has 0 radical (unpaired) electrons. The quantitative estimate of drug-likeness (QED) is 0.736. The van der Waals surface area contributed by atoms with Crippen molar-refractivity contribution >= 4 is 9.84 Å². The molecule has 0 N–H and O–H groups in total. The molecule has 1 heterocycles. The Morgan fingerprint density at radius 2 is 1.64 bits per heavy atom. The Balaban J connectivity index is 1.73. The molecule has 0 amide bonds. The molecule has 0 aromatic rings. The molecule has 3 aliphatic carbocycles. The highest BCUT2D eigenvalue weighted by atomic mass is 32.2. The summed E-state index contributed by atoms with van der Waals surface area (Å²) >= 11 is 0. The van der Waals surface area contributed by atoms with Crippen LogP contribution in [-0.4, -0.2) is 36.2 Å². The monoisotopic (exact) mass is 340 g/mol. The molecular formula is C14H19F3O4S. The van der Waals surface area contributed by atoms with E-state index in [4.69, 9.17) is 9.47 Å². The second-order valence-electron chi connectivity index (χ2n) is 7.05. The Kier molecular flexibility index (Phi) is 2.89. The van der Waals surface area contributed by atoms with E-state index in [0.717, 1.165) is 19.3 Å². The van der Waals surface area contributed by atoms with E-state index in [-0.39, 0.29) is 12.8 Å². The Bertz CT molecular complexity index is 596. The maximum atomic E-state index is 13.1. The van der Waals surface area contributed by atoms with Gasteiger partial charge < -0.3 is 9.47 Å². The predicted molar refractivity (Wildman–Crippen MR) is 70.7 cm³/mol. The zero-order chi connectivity index (χ0) is 15.9. The van der Waals surface area contributed by atoms with Crippen LogP contribution in [0.5, 0.6) is 0 Å². The Morgan fingerprint density at radius 1 is 0.955 bits per heavy atom. The van der Waals surface area contributed by atoms with Crippen LogP contribution in [0.4, 0.5) is 13.2 Å². The van der Waals surface area contributed by atoms with Crippen molar-refractivity contribution in [1.29, 1.82) is 0 Å². The average Bonchev–Trinajstić information content (AvgIpc) is 2.83. The number of alkyl halides is 3. The summed E-state index contributed by atoms with van der Waals surface area (Å²) in [5, 5.41) is 0. The first kappa shape index (κ1) is 15.2. The van der Waals surface area contributed by atoms with E-state index >= 15 is 0 Å². The molecule has 126 valence electrons. The summed E-state index contributed by atoms with van der Waals surface area (Å²) in [4.78, 5) is 0. The fourth-order valence-corrected chi connectivity index (χ4v) is 6.98. The van der Waals surface area contributed by atoms with Crippen LogP contribution in [0.25, 0.3) is 0 Å². The summed E-state index contributed by atoms with van der Waals surface area (Å²) in [5.74, 6) is -0.851. The van der Waals surface area contributed by atoms with Crippen molar-refractivity contribution in [2.45, 2.75) is 85.5 Å². The van der Waals surface area contributed by atoms with E-state index in [0.29, 0.717) is 25.7 Å². The van der Waals surface area contributed by atoms with E-state index in [1.807, 2.05) is 0 Å². The van der Waals surface area contributed by atoms with Crippen molar-refractivity contribution < 1.29 is 31.1 Å². The zero-order valence-corrected chi connectivity index (χ0v) is 12.9. The highest BCUT2D eigenvalue weighted by Gasteiger charge is 2.82. The molecule has 2 spiro atoms. The van der Waals surface area contributed by atoms with Crippen molar-refractivity contribution in [1.82, 2.24) is 0 Å². The standard InChI is InChI=1S/C14H19F3O4S/c15-14(16,17)22(18,19)11-7-4-10-13(11,9-8-11)21-12(20-10)5-2-1-3-6-12/h10H,1-9H2/t10?,11-,13?/m1/s1. The SMILES string of the molecule is O=S(=O)(C(F)(F)F)[C@@]12CCC3OC4(CCCCC4)OC31CC2. The van der Waals surface area contributed by atoms with Gasteiger partial charge in [0.05, 0.1) is 6.10 Å². The molecule has 2 unspecified atom stereocenters. The highest BCUT2D eigenvalue weighted by Crippen LogP contribution is 2.68. The van der Waals surface area contributed by atoms with Crippen LogP contribution >= 0.6 is 0 Å². The zero-order valence-electron chi connectivity index (χ0n) is 12.1. The van der Waals surface area contributed by atoms with Crippen LogP contribution < -0.4 is 0 Å². The number of rotatable bonds is 1. The fourth-order valence-electron chi connectivity index (χ4n) is 5.05. The summed E-state index contributed by atoms with van der Waals surface area (Å²) in [7, 11) is -5.26. The third kappa shape index (κ3) is 1.54. The third-order valence-electron chi connectivity index (χ3n) is 6.16. The van der Waals surface area contributed by atoms with Gasteiger partial charge in [-0.2, -0.15) is 13.2 Å². The minimum absolute atomic E-state index is 0.0183. The molecule has 0 bridgehead atoms. The molecule has 0 aromatic carbocycles. The topological polar surface area (TPSA) is 52.6 Å². The third-order valence-corrected chi connectivity index (χ3v) is 8.55. The van der Waals surface area contributed by atoms with E-state index in [2.05, 4.69) is 0 Å². The largest absolute Gasteiger partial charge is 0.498 e.